The summed E-state index contributed by atoms with van der Waals surface area (Å²) in [4.78, 5) is 29.3. The molecule has 2 aromatic rings. The first-order chi connectivity index (χ1) is 13.7. The van der Waals surface area contributed by atoms with Crippen LogP contribution >= 0.6 is 0 Å². The first-order valence-corrected chi connectivity index (χ1v) is 9.30. The van der Waals surface area contributed by atoms with E-state index in [1.54, 1.807) is 29.2 Å². The van der Waals surface area contributed by atoms with Crippen LogP contribution in [0.5, 0.6) is 11.5 Å². The van der Waals surface area contributed by atoms with Crippen molar-refractivity contribution < 1.29 is 23.6 Å². The average molecular weight is 386 g/mol. The Kier molecular flexibility index (Phi) is 5.43. The van der Waals surface area contributed by atoms with Gasteiger partial charge in [-0.15, -0.1) is 0 Å². The number of hydrogen-bond acceptors (Lipinski definition) is 7. The Balaban J connectivity index is 1.45. The van der Waals surface area contributed by atoms with Crippen LogP contribution in [-0.4, -0.2) is 66.3 Å². The molecule has 4 rings (SSSR count). The van der Waals surface area contributed by atoms with Crippen molar-refractivity contribution in [1.82, 2.24) is 15.0 Å². The van der Waals surface area contributed by atoms with Crippen LogP contribution in [0.4, 0.5) is 5.82 Å². The summed E-state index contributed by atoms with van der Waals surface area (Å²) in [5.74, 6) is 0.915. The van der Waals surface area contributed by atoms with Gasteiger partial charge < -0.3 is 29.1 Å². The molecule has 2 aliphatic rings. The zero-order valence-electron chi connectivity index (χ0n) is 15.4. The van der Waals surface area contributed by atoms with Crippen molar-refractivity contribution in [2.24, 2.45) is 0 Å². The van der Waals surface area contributed by atoms with E-state index in [9.17, 15) is 9.59 Å². The zero-order valence-corrected chi connectivity index (χ0v) is 15.4. The van der Waals surface area contributed by atoms with Gasteiger partial charge in [0.25, 0.3) is 5.91 Å². The predicted octanol–water partition coefficient (Wildman–Crippen LogP) is 1.58. The van der Waals surface area contributed by atoms with Crippen molar-refractivity contribution in [2.75, 3.05) is 44.8 Å². The molecule has 0 spiro atoms. The number of nitrogens with zero attached hydrogens (tertiary/aromatic N) is 3. The molecule has 0 saturated carbocycles. The minimum Gasteiger partial charge on any atom is -0.454 e. The summed E-state index contributed by atoms with van der Waals surface area (Å²) in [6.07, 6.45) is 3.71. The first-order valence-electron chi connectivity index (χ1n) is 9.30. The van der Waals surface area contributed by atoms with Gasteiger partial charge in [0.2, 0.25) is 12.7 Å². The number of rotatable bonds is 7. The van der Waals surface area contributed by atoms with Gasteiger partial charge >= 0.3 is 0 Å². The molecule has 28 heavy (non-hydrogen) atoms. The standard InChI is InChI=1S/C19H22N4O5/c24-18(20-17-5-10-28-21-17)12-23(9-8-22-6-1-2-7-22)19(25)14-3-4-15-16(11-14)27-13-26-15/h3-5,10-11H,1-2,6-9,12-13H2,(H,20,21,24). The van der Waals surface area contributed by atoms with Crippen LogP contribution in [-0.2, 0) is 4.79 Å². The largest absolute Gasteiger partial charge is 0.454 e. The molecular formula is C19H22N4O5. The van der Waals surface area contributed by atoms with E-state index >= 15 is 0 Å². The molecule has 3 heterocycles. The van der Waals surface area contributed by atoms with Gasteiger partial charge in [0.05, 0.1) is 0 Å². The van der Waals surface area contributed by atoms with Gasteiger partial charge in [-0.05, 0) is 44.1 Å². The third-order valence-corrected chi connectivity index (χ3v) is 4.83. The molecule has 148 valence electrons. The van der Waals surface area contributed by atoms with E-state index in [0.29, 0.717) is 29.4 Å². The average Bonchev–Trinajstić information content (AvgIpc) is 3.46. The monoisotopic (exact) mass is 386 g/mol. The van der Waals surface area contributed by atoms with Crippen molar-refractivity contribution in [3.05, 3.63) is 36.1 Å². The SMILES string of the molecule is O=C(CN(CCN1CCCC1)C(=O)c1ccc2c(c1)OCO2)Nc1ccon1. The van der Waals surface area contributed by atoms with Gasteiger partial charge in [0.1, 0.15) is 12.8 Å². The minimum atomic E-state index is -0.329. The van der Waals surface area contributed by atoms with Gasteiger partial charge in [-0.2, -0.15) is 0 Å². The number of carbonyl (C=O) groups is 2. The molecule has 0 aliphatic carbocycles. The maximum Gasteiger partial charge on any atom is 0.254 e. The summed E-state index contributed by atoms with van der Waals surface area (Å²) in [5.41, 5.74) is 0.458. The van der Waals surface area contributed by atoms with Crippen molar-refractivity contribution in [3.8, 4) is 11.5 Å². The maximum atomic E-state index is 13.1. The van der Waals surface area contributed by atoms with Gasteiger partial charge in [-0.25, -0.2) is 0 Å². The second-order valence-electron chi connectivity index (χ2n) is 6.78. The number of anilines is 1. The molecule has 9 heteroatoms. The van der Waals surface area contributed by atoms with Crippen LogP contribution in [0, 0.1) is 0 Å². The number of fused-ring (bicyclic) bond motifs is 1. The maximum absolute atomic E-state index is 13.1. The smallest absolute Gasteiger partial charge is 0.254 e. The quantitative estimate of drug-likeness (QED) is 0.772. The van der Waals surface area contributed by atoms with Gasteiger partial charge in [-0.1, -0.05) is 5.16 Å². The van der Waals surface area contributed by atoms with Crippen LogP contribution in [0.25, 0.3) is 0 Å². The summed E-state index contributed by atoms with van der Waals surface area (Å²) in [6, 6.07) is 6.60. The molecule has 0 bridgehead atoms. The lowest BCUT2D eigenvalue weighted by atomic mass is 10.1. The van der Waals surface area contributed by atoms with Crippen molar-refractivity contribution in [1.29, 1.82) is 0 Å². The van der Waals surface area contributed by atoms with Crippen molar-refractivity contribution in [2.45, 2.75) is 12.8 Å². The number of benzene rings is 1. The Hall–Kier alpha value is -3.07. The Morgan fingerprint density at radius 2 is 1.96 bits per heavy atom. The Morgan fingerprint density at radius 3 is 2.75 bits per heavy atom. The number of amides is 2. The third-order valence-electron chi connectivity index (χ3n) is 4.83. The van der Waals surface area contributed by atoms with E-state index in [-0.39, 0.29) is 25.2 Å². The fourth-order valence-electron chi connectivity index (χ4n) is 3.37. The molecule has 2 amide bonds. The number of hydrogen-bond donors (Lipinski definition) is 1. The molecule has 1 saturated heterocycles. The van der Waals surface area contributed by atoms with E-state index < -0.39 is 0 Å². The highest BCUT2D eigenvalue weighted by atomic mass is 16.7. The highest BCUT2D eigenvalue weighted by Gasteiger charge is 2.23. The molecule has 0 unspecified atom stereocenters. The fraction of sp³-hybridized carbons (Fsp3) is 0.421. The van der Waals surface area contributed by atoms with Crippen LogP contribution in [0.1, 0.15) is 23.2 Å². The van der Waals surface area contributed by atoms with E-state index in [4.69, 9.17) is 14.0 Å². The second kappa shape index (κ2) is 8.30. The number of aromatic nitrogens is 1. The van der Waals surface area contributed by atoms with E-state index in [1.165, 1.54) is 19.1 Å². The van der Waals surface area contributed by atoms with E-state index in [0.717, 1.165) is 19.6 Å². The predicted molar refractivity (Wildman–Crippen MR) is 99.3 cm³/mol. The lowest BCUT2D eigenvalue weighted by molar-refractivity contribution is -0.117. The number of carbonyl (C=O) groups excluding carboxylic acids is 2. The summed E-state index contributed by atoms with van der Waals surface area (Å²) >= 11 is 0. The highest BCUT2D eigenvalue weighted by Crippen LogP contribution is 2.32. The second-order valence-corrected chi connectivity index (χ2v) is 6.78. The molecule has 2 aliphatic heterocycles. The number of nitrogens with one attached hydrogen (secondary N) is 1. The van der Waals surface area contributed by atoms with Crippen molar-refractivity contribution in [3.63, 3.8) is 0 Å². The minimum absolute atomic E-state index is 0.0754. The van der Waals surface area contributed by atoms with Crippen LogP contribution < -0.4 is 14.8 Å². The molecule has 9 nitrogen and oxygen atoms in total. The number of likely N-dealkylation sites (tertiary alicyclic amines) is 1. The molecule has 0 radical (unpaired) electrons. The summed E-state index contributed by atoms with van der Waals surface area (Å²) in [7, 11) is 0. The highest BCUT2D eigenvalue weighted by molar-refractivity contribution is 5.99. The molecule has 0 atom stereocenters. The summed E-state index contributed by atoms with van der Waals surface area (Å²) in [5, 5.41) is 6.30. The first kappa shape index (κ1) is 18.3. The van der Waals surface area contributed by atoms with E-state index in [2.05, 4.69) is 15.4 Å². The molecule has 1 N–H and O–H groups in total. The Morgan fingerprint density at radius 1 is 1.14 bits per heavy atom. The van der Waals surface area contributed by atoms with Gasteiger partial charge in [0, 0.05) is 24.7 Å². The normalized spacial score (nSPS) is 15.6. The molecule has 1 fully saturated rings. The van der Waals surface area contributed by atoms with Crippen LogP contribution in [0.15, 0.2) is 35.1 Å². The van der Waals surface area contributed by atoms with Crippen LogP contribution in [0.2, 0.25) is 0 Å². The van der Waals surface area contributed by atoms with E-state index in [1.807, 2.05) is 0 Å². The number of ether oxygens (including phenoxy) is 2. The third kappa shape index (κ3) is 4.25. The lowest BCUT2D eigenvalue weighted by Gasteiger charge is -2.25. The van der Waals surface area contributed by atoms with Gasteiger partial charge in [-0.3, -0.25) is 9.59 Å². The summed E-state index contributed by atoms with van der Waals surface area (Å²) < 4.78 is 15.4. The van der Waals surface area contributed by atoms with Crippen molar-refractivity contribution >= 4 is 17.6 Å². The lowest BCUT2D eigenvalue weighted by Crippen LogP contribution is -2.42. The summed E-state index contributed by atoms with van der Waals surface area (Å²) in [6.45, 7) is 3.31. The Labute approximate surface area is 162 Å². The zero-order chi connectivity index (χ0) is 19.3. The fourth-order valence-corrected chi connectivity index (χ4v) is 3.37. The molecule has 1 aromatic carbocycles. The Bertz CT molecular complexity index is 833. The van der Waals surface area contributed by atoms with Crippen LogP contribution in [0.3, 0.4) is 0 Å². The molecule has 1 aromatic heterocycles. The topological polar surface area (TPSA) is 97.1 Å². The van der Waals surface area contributed by atoms with Gasteiger partial charge in [0.15, 0.2) is 17.3 Å². The molecular weight excluding hydrogens is 364 g/mol.